The first kappa shape index (κ1) is 24.5. The highest BCUT2D eigenvalue weighted by Gasteiger charge is 2.34. The van der Waals surface area contributed by atoms with Crippen LogP contribution in [0.1, 0.15) is 19.8 Å². The smallest absolute Gasteiger partial charge is 0.246 e. The normalized spacial score (nSPS) is 17.6. The lowest BCUT2D eigenvalue weighted by Gasteiger charge is -2.31. The third-order valence-electron chi connectivity index (χ3n) is 5.56. The molecule has 2 N–H and O–H groups in total. The van der Waals surface area contributed by atoms with Gasteiger partial charge in [-0.05, 0) is 68.3 Å². The zero-order chi connectivity index (χ0) is 24.0. The van der Waals surface area contributed by atoms with Crippen molar-refractivity contribution in [1.82, 2.24) is 9.62 Å². The number of nitrogens with one attached hydrogen (secondary N) is 2. The van der Waals surface area contributed by atoms with Gasteiger partial charge in [0.2, 0.25) is 21.8 Å². The summed E-state index contributed by atoms with van der Waals surface area (Å²) < 4.78 is 37.5. The molecule has 1 heterocycles. The molecule has 2 aromatic rings. The van der Waals surface area contributed by atoms with Crippen molar-refractivity contribution >= 4 is 27.5 Å². The molecule has 0 unspecified atom stereocenters. The van der Waals surface area contributed by atoms with E-state index in [1.807, 2.05) is 0 Å². The molecule has 2 aromatic carbocycles. The van der Waals surface area contributed by atoms with Crippen LogP contribution in [0.15, 0.2) is 53.4 Å². The maximum Gasteiger partial charge on any atom is 0.246 e. The molecule has 33 heavy (non-hydrogen) atoms. The maximum absolute atomic E-state index is 13.0. The summed E-state index contributed by atoms with van der Waals surface area (Å²) in [4.78, 5) is 25.4. The van der Waals surface area contributed by atoms with Crippen molar-refractivity contribution in [2.45, 2.75) is 30.7 Å². The van der Waals surface area contributed by atoms with Crippen molar-refractivity contribution in [3.63, 3.8) is 0 Å². The topological polar surface area (TPSA) is 114 Å². The van der Waals surface area contributed by atoms with Crippen LogP contribution in [0.3, 0.4) is 0 Å². The lowest BCUT2D eigenvalue weighted by Crippen LogP contribution is -2.49. The minimum absolute atomic E-state index is 0.0625. The molecule has 1 aliphatic rings. The molecule has 0 spiro atoms. The molecule has 0 aliphatic carbocycles. The van der Waals surface area contributed by atoms with Crippen molar-refractivity contribution < 1.29 is 27.5 Å². The Hall–Kier alpha value is -3.11. The predicted octanol–water partition coefficient (Wildman–Crippen LogP) is 2.25. The first-order valence-electron chi connectivity index (χ1n) is 10.6. The monoisotopic (exact) mass is 475 g/mol. The average Bonchev–Trinajstić information content (AvgIpc) is 2.84. The van der Waals surface area contributed by atoms with E-state index in [1.54, 1.807) is 50.4 Å². The van der Waals surface area contributed by atoms with Crippen LogP contribution in [-0.2, 0) is 19.6 Å². The van der Waals surface area contributed by atoms with Gasteiger partial charge in [0.15, 0.2) is 0 Å². The lowest BCUT2D eigenvalue weighted by molar-refractivity contribution is -0.129. The fraction of sp³-hybridized carbons (Fsp3) is 0.391. The third-order valence-corrected chi connectivity index (χ3v) is 7.44. The molecule has 178 valence electrons. The molecule has 2 atom stereocenters. The standard InChI is InChI=1S/C23H29N3O6S/c1-16(22(27)25-18-6-8-19(31-2)9-7-18)24-23(28)17-5-4-14-26(15-17)33(29,30)21-12-10-20(32-3)11-13-21/h6-13,16-17H,4-5,14-15H2,1-3H3,(H,24,28)(H,25,27)/t16-,17+/m0/s1. The Bertz CT molecular complexity index is 1070. The van der Waals surface area contributed by atoms with E-state index < -0.39 is 22.0 Å². The van der Waals surface area contributed by atoms with E-state index in [2.05, 4.69) is 10.6 Å². The van der Waals surface area contributed by atoms with Crippen LogP contribution in [0, 0.1) is 5.92 Å². The number of hydrogen-bond acceptors (Lipinski definition) is 6. The minimum atomic E-state index is -3.74. The first-order chi connectivity index (χ1) is 15.7. The van der Waals surface area contributed by atoms with Gasteiger partial charge < -0.3 is 20.1 Å². The second-order valence-corrected chi connectivity index (χ2v) is 9.76. The number of anilines is 1. The summed E-state index contributed by atoms with van der Waals surface area (Å²) in [6, 6.07) is 12.2. The largest absolute Gasteiger partial charge is 0.497 e. The van der Waals surface area contributed by atoms with Crippen LogP contribution < -0.4 is 20.1 Å². The van der Waals surface area contributed by atoms with E-state index in [-0.39, 0.29) is 23.3 Å². The molecule has 3 rings (SSSR count). The SMILES string of the molecule is COc1ccc(NC(=O)[C@H](C)NC(=O)[C@@H]2CCCN(S(=O)(=O)c3ccc(OC)cc3)C2)cc1. The number of benzene rings is 2. The van der Waals surface area contributed by atoms with Gasteiger partial charge in [-0.2, -0.15) is 4.31 Å². The molecule has 1 fully saturated rings. The Balaban J connectivity index is 1.59. The first-order valence-corrected chi connectivity index (χ1v) is 12.1. The fourth-order valence-electron chi connectivity index (χ4n) is 3.59. The molecular formula is C23H29N3O6S. The summed E-state index contributed by atoms with van der Waals surface area (Å²) >= 11 is 0. The molecule has 10 heteroatoms. The predicted molar refractivity (Wildman–Crippen MR) is 124 cm³/mol. The van der Waals surface area contributed by atoms with Crippen LogP contribution in [0.25, 0.3) is 0 Å². The van der Waals surface area contributed by atoms with E-state index in [4.69, 9.17) is 9.47 Å². The number of piperidine rings is 1. The lowest BCUT2D eigenvalue weighted by atomic mass is 9.98. The minimum Gasteiger partial charge on any atom is -0.497 e. The van der Waals surface area contributed by atoms with Crippen LogP contribution >= 0.6 is 0 Å². The summed E-state index contributed by atoms with van der Waals surface area (Å²) in [5.41, 5.74) is 0.580. The van der Waals surface area contributed by atoms with Gasteiger partial charge in [0.05, 0.1) is 25.0 Å². The number of carbonyl (C=O) groups is 2. The van der Waals surface area contributed by atoms with Crippen LogP contribution in [0.4, 0.5) is 5.69 Å². The van der Waals surface area contributed by atoms with Crippen molar-refractivity contribution in [2.24, 2.45) is 5.92 Å². The van der Waals surface area contributed by atoms with Gasteiger partial charge in [0, 0.05) is 18.8 Å². The molecule has 0 saturated carbocycles. The van der Waals surface area contributed by atoms with Crippen molar-refractivity contribution in [3.05, 3.63) is 48.5 Å². The van der Waals surface area contributed by atoms with Crippen molar-refractivity contribution in [2.75, 3.05) is 32.6 Å². The Morgan fingerprint density at radius 3 is 2.15 bits per heavy atom. The van der Waals surface area contributed by atoms with Gasteiger partial charge >= 0.3 is 0 Å². The summed E-state index contributed by atoms with van der Waals surface area (Å²) in [6.45, 7) is 1.99. The Morgan fingerprint density at radius 2 is 1.58 bits per heavy atom. The third kappa shape index (κ3) is 6.02. The van der Waals surface area contributed by atoms with Gasteiger partial charge in [-0.15, -0.1) is 0 Å². The molecule has 2 amide bonds. The second kappa shape index (κ2) is 10.7. The number of amides is 2. The summed E-state index contributed by atoms with van der Waals surface area (Å²) in [6.07, 6.45) is 1.10. The highest BCUT2D eigenvalue weighted by atomic mass is 32.2. The quantitative estimate of drug-likeness (QED) is 0.605. The molecule has 0 radical (unpaired) electrons. The van der Waals surface area contributed by atoms with Crippen LogP contribution in [0.2, 0.25) is 0 Å². The summed E-state index contributed by atoms with van der Waals surface area (Å²) in [7, 11) is -0.672. The van der Waals surface area contributed by atoms with Crippen molar-refractivity contribution in [3.8, 4) is 11.5 Å². The Kier molecular flexibility index (Phi) is 7.93. The Morgan fingerprint density at radius 1 is 1.00 bits per heavy atom. The van der Waals surface area contributed by atoms with Crippen LogP contribution in [-0.4, -0.2) is 57.9 Å². The van der Waals surface area contributed by atoms with E-state index >= 15 is 0 Å². The van der Waals surface area contributed by atoms with Gasteiger partial charge in [-0.25, -0.2) is 8.42 Å². The summed E-state index contributed by atoms with van der Waals surface area (Å²) in [5, 5.41) is 5.44. The maximum atomic E-state index is 13.0. The van der Waals surface area contributed by atoms with Gasteiger partial charge in [-0.1, -0.05) is 0 Å². The zero-order valence-electron chi connectivity index (χ0n) is 18.9. The second-order valence-electron chi connectivity index (χ2n) is 7.83. The molecule has 0 bridgehead atoms. The summed E-state index contributed by atoms with van der Waals surface area (Å²) in [5.74, 6) is -0.0235. The highest BCUT2D eigenvalue weighted by Crippen LogP contribution is 2.25. The Labute approximate surface area is 194 Å². The van der Waals surface area contributed by atoms with E-state index in [9.17, 15) is 18.0 Å². The highest BCUT2D eigenvalue weighted by molar-refractivity contribution is 7.89. The number of ether oxygens (including phenoxy) is 2. The number of carbonyl (C=O) groups excluding carboxylic acids is 2. The molecular weight excluding hydrogens is 446 g/mol. The number of methoxy groups -OCH3 is 2. The number of rotatable bonds is 8. The van der Waals surface area contributed by atoms with Gasteiger partial charge in [0.25, 0.3) is 0 Å². The molecule has 9 nitrogen and oxygen atoms in total. The van der Waals surface area contributed by atoms with Crippen molar-refractivity contribution in [1.29, 1.82) is 0 Å². The van der Waals surface area contributed by atoms with E-state index in [0.717, 1.165) is 0 Å². The van der Waals surface area contributed by atoms with E-state index in [1.165, 1.54) is 23.5 Å². The molecule has 1 saturated heterocycles. The fourth-order valence-corrected chi connectivity index (χ4v) is 5.12. The van der Waals surface area contributed by atoms with Crippen LogP contribution in [0.5, 0.6) is 11.5 Å². The molecule has 1 aliphatic heterocycles. The number of nitrogens with zero attached hydrogens (tertiary/aromatic N) is 1. The zero-order valence-corrected chi connectivity index (χ0v) is 19.7. The van der Waals surface area contributed by atoms with E-state index in [0.29, 0.717) is 36.6 Å². The average molecular weight is 476 g/mol. The number of sulfonamides is 1. The number of hydrogen-bond donors (Lipinski definition) is 2. The molecule has 0 aromatic heterocycles. The van der Waals surface area contributed by atoms with Gasteiger partial charge in [-0.3, -0.25) is 9.59 Å². The van der Waals surface area contributed by atoms with Gasteiger partial charge in [0.1, 0.15) is 17.5 Å².